The Kier molecular flexibility index (Phi) is 4.00. The quantitative estimate of drug-likeness (QED) is 0.794. The summed E-state index contributed by atoms with van der Waals surface area (Å²) in [6.45, 7) is 0.226. The molecule has 118 valence electrons. The minimum atomic E-state index is -4.23. The predicted molar refractivity (Wildman–Crippen MR) is 76.5 cm³/mol. The van der Waals surface area contributed by atoms with E-state index in [-0.39, 0.29) is 6.54 Å². The molecule has 1 atom stereocenters. The maximum atomic E-state index is 13.9. The summed E-state index contributed by atoms with van der Waals surface area (Å²) in [5.74, 6) is -4.85. The number of sulfonamides is 1. The van der Waals surface area contributed by atoms with Crippen LogP contribution in [0.25, 0.3) is 0 Å². The maximum absolute atomic E-state index is 13.9. The van der Waals surface area contributed by atoms with Gasteiger partial charge >= 0.3 is 0 Å². The molecule has 1 saturated heterocycles. The first-order chi connectivity index (χ1) is 10.4. The number of halogens is 3. The van der Waals surface area contributed by atoms with Crippen LogP contribution in [0.3, 0.4) is 0 Å². The summed E-state index contributed by atoms with van der Waals surface area (Å²) in [6, 6.07) is 4.62. The second-order valence-electron chi connectivity index (χ2n) is 4.96. The fourth-order valence-corrected chi connectivity index (χ4v) is 5.30. The van der Waals surface area contributed by atoms with Crippen LogP contribution in [0.15, 0.2) is 34.5 Å². The van der Waals surface area contributed by atoms with Gasteiger partial charge in [-0.3, -0.25) is 0 Å². The monoisotopic (exact) mass is 347 g/mol. The molecule has 0 aliphatic carbocycles. The number of nitrogens with zero attached hydrogens (tertiary/aromatic N) is 1. The van der Waals surface area contributed by atoms with Crippen LogP contribution in [-0.2, 0) is 10.0 Å². The first-order valence-corrected chi connectivity index (χ1v) is 8.93. The second kappa shape index (κ2) is 5.68. The SMILES string of the molecule is O=S(=O)(c1ccc(F)c(F)c1F)N1CCC[C@@H]1c1cccs1. The molecule has 2 aromatic rings. The van der Waals surface area contributed by atoms with Crippen LogP contribution in [0.1, 0.15) is 23.8 Å². The van der Waals surface area contributed by atoms with Gasteiger partial charge in [-0.15, -0.1) is 11.3 Å². The predicted octanol–water partition coefficient (Wildman–Crippen LogP) is 3.69. The van der Waals surface area contributed by atoms with E-state index in [1.165, 1.54) is 11.3 Å². The molecule has 3 nitrogen and oxygen atoms in total. The summed E-state index contributed by atoms with van der Waals surface area (Å²) >= 11 is 1.41. The van der Waals surface area contributed by atoms with E-state index in [9.17, 15) is 21.6 Å². The Balaban J connectivity index is 2.05. The molecule has 1 fully saturated rings. The highest BCUT2D eigenvalue weighted by atomic mass is 32.2. The molecule has 1 aliphatic heterocycles. The van der Waals surface area contributed by atoms with Gasteiger partial charge in [0, 0.05) is 11.4 Å². The maximum Gasteiger partial charge on any atom is 0.246 e. The highest BCUT2D eigenvalue weighted by Gasteiger charge is 2.38. The van der Waals surface area contributed by atoms with Crippen molar-refractivity contribution < 1.29 is 21.6 Å². The van der Waals surface area contributed by atoms with Gasteiger partial charge in [-0.2, -0.15) is 4.31 Å². The van der Waals surface area contributed by atoms with Crippen LogP contribution in [0.4, 0.5) is 13.2 Å². The van der Waals surface area contributed by atoms with Gasteiger partial charge in [-0.05, 0) is 36.4 Å². The molecule has 22 heavy (non-hydrogen) atoms. The zero-order chi connectivity index (χ0) is 15.9. The van der Waals surface area contributed by atoms with Gasteiger partial charge in [0.2, 0.25) is 10.0 Å². The zero-order valence-corrected chi connectivity index (χ0v) is 12.9. The summed E-state index contributed by atoms with van der Waals surface area (Å²) in [4.78, 5) is 0.0268. The molecule has 3 rings (SSSR count). The van der Waals surface area contributed by atoms with E-state index < -0.39 is 38.4 Å². The van der Waals surface area contributed by atoms with Crippen molar-refractivity contribution >= 4 is 21.4 Å². The van der Waals surface area contributed by atoms with Crippen LogP contribution < -0.4 is 0 Å². The first kappa shape index (κ1) is 15.5. The van der Waals surface area contributed by atoms with E-state index in [4.69, 9.17) is 0 Å². The molecule has 0 radical (unpaired) electrons. The minimum Gasteiger partial charge on any atom is -0.207 e. The second-order valence-corrected chi connectivity index (χ2v) is 7.80. The fraction of sp³-hybridized carbons (Fsp3) is 0.286. The van der Waals surface area contributed by atoms with Crippen molar-refractivity contribution in [2.75, 3.05) is 6.54 Å². The summed E-state index contributed by atoms with van der Waals surface area (Å²) in [7, 11) is -4.23. The summed E-state index contributed by atoms with van der Waals surface area (Å²) in [6.07, 6.45) is 1.25. The highest BCUT2D eigenvalue weighted by molar-refractivity contribution is 7.89. The van der Waals surface area contributed by atoms with Crippen molar-refractivity contribution in [1.82, 2.24) is 4.31 Å². The van der Waals surface area contributed by atoms with Crippen molar-refractivity contribution in [2.24, 2.45) is 0 Å². The Morgan fingerprint density at radius 1 is 1.14 bits per heavy atom. The lowest BCUT2D eigenvalue weighted by atomic mass is 10.2. The van der Waals surface area contributed by atoms with Crippen molar-refractivity contribution in [3.05, 3.63) is 52.0 Å². The number of hydrogen-bond donors (Lipinski definition) is 0. The van der Waals surface area contributed by atoms with Gasteiger partial charge in [0.1, 0.15) is 4.90 Å². The normalized spacial score (nSPS) is 19.7. The van der Waals surface area contributed by atoms with E-state index in [1.807, 2.05) is 11.4 Å². The Bertz CT molecular complexity index is 791. The molecule has 0 saturated carbocycles. The van der Waals surface area contributed by atoms with Crippen molar-refractivity contribution in [1.29, 1.82) is 0 Å². The fourth-order valence-electron chi connectivity index (χ4n) is 2.63. The topological polar surface area (TPSA) is 37.4 Å². The van der Waals surface area contributed by atoms with Gasteiger partial charge in [0.05, 0.1) is 6.04 Å². The van der Waals surface area contributed by atoms with Gasteiger partial charge in [0.15, 0.2) is 17.5 Å². The summed E-state index contributed by atoms with van der Waals surface area (Å²) in [5.41, 5.74) is 0. The summed E-state index contributed by atoms with van der Waals surface area (Å²) < 4.78 is 66.6. The molecule has 0 unspecified atom stereocenters. The lowest BCUT2D eigenvalue weighted by Crippen LogP contribution is -2.31. The molecule has 1 aromatic heterocycles. The van der Waals surface area contributed by atoms with Crippen molar-refractivity contribution in [3.63, 3.8) is 0 Å². The third-order valence-electron chi connectivity index (χ3n) is 3.66. The number of thiophene rings is 1. The molecular weight excluding hydrogens is 335 g/mol. The largest absolute Gasteiger partial charge is 0.246 e. The van der Waals surface area contributed by atoms with E-state index in [0.29, 0.717) is 18.9 Å². The van der Waals surface area contributed by atoms with Crippen molar-refractivity contribution in [3.8, 4) is 0 Å². The molecule has 0 N–H and O–H groups in total. The Morgan fingerprint density at radius 3 is 2.59 bits per heavy atom. The van der Waals surface area contributed by atoms with Crippen LogP contribution in [0.2, 0.25) is 0 Å². The summed E-state index contributed by atoms with van der Waals surface area (Å²) in [5, 5.41) is 1.83. The van der Waals surface area contributed by atoms with Crippen LogP contribution in [0.5, 0.6) is 0 Å². The zero-order valence-electron chi connectivity index (χ0n) is 11.3. The van der Waals surface area contributed by atoms with Gasteiger partial charge in [-0.25, -0.2) is 21.6 Å². The lowest BCUT2D eigenvalue weighted by Gasteiger charge is -2.23. The van der Waals surface area contributed by atoms with Crippen LogP contribution >= 0.6 is 11.3 Å². The Labute approximate surface area is 130 Å². The van der Waals surface area contributed by atoms with Crippen molar-refractivity contribution in [2.45, 2.75) is 23.8 Å². The molecule has 1 aromatic carbocycles. The third kappa shape index (κ3) is 2.45. The molecule has 0 amide bonds. The number of benzene rings is 1. The molecule has 8 heteroatoms. The standard InChI is InChI=1S/C14H12F3NO2S2/c15-9-5-6-12(14(17)13(9)16)22(19,20)18-7-1-3-10(18)11-4-2-8-21-11/h2,4-6,8,10H,1,3,7H2/t10-/m1/s1. The van der Waals surface area contributed by atoms with Gasteiger partial charge in [-0.1, -0.05) is 6.07 Å². The Hall–Kier alpha value is -1.38. The molecular formula is C14H12F3NO2S2. The molecule has 0 bridgehead atoms. The third-order valence-corrected chi connectivity index (χ3v) is 6.56. The minimum absolute atomic E-state index is 0.226. The average Bonchev–Trinajstić information content (AvgIpc) is 3.14. The number of hydrogen-bond acceptors (Lipinski definition) is 3. The Morgan fingerprint density at radius 2 is 1.91 bits per heavy atom. The average molecular weight is 347 g/mol. The smallest absolute Gasteiger partial charge is 0.207 e. The highest BCUT2D eigenvalue weighted by Crippen LogP contribution is 2.39. The van der Waals surface area contributed by atoms with E-state index in [2.05, 4.69) is 0 Å². The first-order valence-electron chi connectivity index (χ1n) is 6.61. The van der Waals surface area contributed by atoms with Crippen LogP contribution in [-0.4, -0.2) is 19.3 Å². The van der Waals surface area contributed by atoms with Crippen LogP contribution in [0, 0.1) is 17.5 Å². The number of rotatable bonds is 3. The van der Waals surface area contributed by atoms with Gasteiger partial charge in [0.25, 0.3) is 0 Å². The van der Waals surface area contributed by atoms with E-state index >= 15 is 0 Å². The van der Waals surface area contributed by atoms with E-state index in [1.54, 1.807) is 6.07 Å². The lowest BCUT2D eigenvalue weighted by molar-refractivity contribution is 0.390. The molecule has 2 heterocycles. The molecule has 0 spiro atoms. The van der Waals surface area contributed by atoms with Gasteiger partial charge < -0.3 is 0 Å². The molecule has 1 aliphatic rings. The van der Waals surface area contributed by atoms with E-state index in [0.717, 1.165) is 15.2 Å².